The molecule has 1 N–H and O–H groups in total. The molecule has 0 radical (unpaired) electrons. The Hall–Kier alpha value is -1.48. The van der Waals surface area contributed by atoms with Gasteiger partial charge in [-0.3, -0.25) is 0 Å². The van der Waals surface area contributed by atoms with Crippen LogP contribution < -0.4 is 5.32 Å². The lowest BCUT2D eigenvalue weighted by molar-refractivity contribution is 0.372. The van der Waals surface area contributed by atoms with Gasteiger partial charge in [-0.05, 0) is 54.3 Å². The molecule has 2 aromatic carbocycles. The summed E-state index contributed by atoms with van der Waals surface area (Å²) >= 11 is 1.87. The highest BCUT2D eigenvalue weighted by Crippen LogP contribution is 2.39. The Labute approximate surface area is 130 Å². The highest BCUT2D eigenvalue weighted by Gasteiger charge is 2.30. The molecule has 1 aliphatic carbocycles. The van der Waals surface area contributed by atoms with Gasteiger partial charge in [0.05, 0.1) is 0 Å². The first-order valence-electron chi connectivity index (χ1n) is 7.50. The van der Waals surface area contributed by atoms with Crippen molar-refractivity contribution in [3.8, 4) is 0 Å². The summed E-state index contributed by atoms with van der Waals surface area (Å²) < 4.78 is 13.3. The van der Waals surface area contributed by atoms with Crippen LogP contribution in [0.15, 0.2) is 53.4 Å². The Bertz CT molecular complexity index is 608. The standard InChI is InChI=1S/C18H20FNS/c1-2-21-18-9-4-3-8-17(18)20-16-11-14(12-16)13-6-5-7-15(19)10-13/h3-10,14,16,20H,2,11-12H2,1H3. The lowest BCUT2D eigenvalue weighted by Gasteiger charge is -2.37. The molecule has 3 rings (SSSR count). The molecule has 1 aliphatic rings. The average Bonchev–Trinajstić information content (AvgIpc) is 2.44. The summed E-state index contributed by atoms with van der Waals surface area (Å²) in [7, 11) is 0. The molecule has 1 nitrogen and oxygen atoms in total. The van der Waals surface area contributed by atoms with Gasteiger partial charge in [-0.25, -0.2) is 4.39 Å². The summed E-state index contributed by atoms with van der Waals surface area (Å²) in [6.07, 6.45) is 2.16. The van der Waals surface area contributed by atoms with Crippen LogP contribution >= 0.6 is 11.8 Å². The van der Waals surface area contributed by atoms with E-state index in [2.05, 4.69) is 36.5 Å². The van der Waals surface area contributed by atoms with Gasteiger partial charge in [-0.15, -0.1) is 11.8 Å². The fourth-order valence-electron chi connectivity index (χ4n) is 2.86. The van der Waals surface area contributed by atoms with E-state index in [-0.39, 0.29) is 5.82 Å². The van der Waals surface area contributed by atoms with E-state index in [9.17, 15) is 4.39 Å². The summed E-state index contributed by atoms with van der Waals surface area (Å²) in [6.45, 7) is 2.17. The monoisotopic (exact) mass is 301 g/mol. The Balaban J connectivity index is 1.60. The molecule has 3 heteroatoms. The minimum Gasteiger partial charge on any atom is -0.381 e. The maximum Gasteiger partial charge on any atom is 0.123 e. The highest BCUT2D eigenvalue weighted by atomic mass is 32.2. The number of thioether (sulfide) groups is 1. The van der Waals surface area contributed by atoms with Gasteiger partial charge in [-0.1, -0.05) is 31.2 Å². The topological polar surface area (TPSA) is 12.0 Å². The Morgan fingerprint density at radius 1 is 1.14 bits per heavy atom. The molecule has 1 saturated carbocycles. The second kappa shape index (κ2) is 6.52. The van der Waals surface area contributed by atoms with Crippen molar-refractivity contribution >= 4 is 17.4 Å². The van der Waals surface area contributed by atoms with E-state index in [1.54, 1.807) is 12.1 Å². The zero-order chi connectivity index (χ0) is 14.7. The molecular weight excluding hydrogens is 281 g/mol. The van der Waals surface area contributed by atoms with Gasteiger partial charge in [0.25, 0.3) is 0 Å². The lowest BCUT2D eigenvalue weighted by Crippen LogP contribution is -2.34. The predicted octanol–water partition coefficient (Wildman–Crippen LogP) is 5.30. The summed E-state index contributed by atoms with van der Waals surface area (Å²) in [6, 6.07) is 16.0. The summed E-state index contributed by atoms with van der Waals surface area (Å²) in [4.78, 5) is 1.31. The van der Waals surface area contributed by atoms with Crippen molar-refractivity contribution in [3.63, 3.8) is 0 Å². The summed E-state index contributed by atoms with van der Waals surface area (Å²) in [5.41, 5.74) is 2.36. The van der Waals surface area contributed by atoms with Gasteiger partial charge < -0.3 is 5.32 Å². The van der Waals surface area contributed by atoms with Crippen molar-refractivity contribution in [2.45, 2.75) is 36.6 Å². The molecule has 0 spiro atoms. The fraction of sp³-hybridized carbons (Fsp3) is 0.333. The molecule has 0 saturated heterocycles. The van der Waals surface area contributed by atoms with Crippen molar-refractivity contribution in [3.05, 3.63) is 59.9 Å². The number of nitrogens with one attached hydrogen (secondary N) is 1. The molecule has 0 unspecified atom stereocenters. The normalized spacial score (nSPS) is 20.9. The van der Waals surface area contributed by atoms with Crippen LogP contribution in [-0.4, -0.2) is 11.8 Å². The lowest BCUT2D eigenvalue weighted by atomic mass is 9.76. The number of para-hydroxylation sites is 1. The molecule has 21 heavy (non-hydrogen) atoms. The molecule has 1 fully saturated rings. The van der Waals surface area contributed by atoms with E-state index in [1.165, 1.54) is 16.6 Å². The van der Waals surface area contributed by atoms with Gasteiger partial charge >= 0.3 is 0 Å². The van der Waals surface area contributed by atoms with E-state index in [0.717, 1.165) is 24.2 Å². The fourth-order valence-corrected chi connectivity index (χ4v) is 3.62. The minimum absolute atomic E-state index is 0.131. The highest BCUT2D eigenvalue weighted by molar-refractivity contribution is 7.99. The van der Waals surface area contributed by atoms with Crippen LogP contribution in [0.4, 0.5) is 10.1 Å². The van der Waals surface area contributed by atoms with Crippen LogP contribution in [0.25, 0.3) is 0 Å². The van der Waals surface area contributed by atoms with E-state index >= 15 is 0 Å². The molecule has 0 aliphatic heterocycles. The van der Waals surface area contributed by atoms with Crippen LogP contribution in [0, 0.1) is 5.82 Å². The Kier molecular flexibility index (Phi) is 4.49. The smallest absolute Gasteiger partial charge is 0.123 e. The number of rotatable bonds is 5. The summed E-state index contributed by atoms with van der Waals surface area (Å²) in [5.74, 6) is 1.44. The maximum absolute atomic E-state index is 13.3. The Morgan fingerprint density at radius 2 is 1.95 bits per heavy atom. The third-order valence-corrected chi connectivity index (χ3v) is 4.96. The van der Waals surface area contributed by atoms with E-state index in [1.807, 2.05) is 17.8 Å². The van der Waals surface area contributed by atoms with E-state index in [4.69, 9.17) is 0 Å². The van der Waals surface area contributed by atoms with E-state index in [0.29, 0.717) is 12.0 Å². The van der Waals surface area contributed by atoms with Crippen LogP contribution in [0.3, 0.4) is 0 Å². The number of hydrogen-bond acceptors (Lipinski definition) is 2. The number of anilines is 1. The maximum atomic E-state index is 13.3. The van der Waals surface area contributed by atoms with Gasteiger partial charge in [-0.2, -0.15) is 0 Å². The van der Waals surface area contributed by atoms with Crippen LogP contribution in [0.5, 0.6) is 0 Å². The van der Waals surface area contributed by atoms with Crippen LogP contribution in [0.2, 0.25) is 0 Å². The van der Waals surface area contributed by atoms with Crippen molar-refractivity contribution < 1.29 is 4.39 Å². The van der Waals surface area contributed by atoms with Crippen molar-refractivity contribution in [1.29, 1.82) is 0 Å². The molecule has 0 aromatic heterocycles. The van der Waals surface area contributed by atoms with E-state index < -0.39 is 0 Å². The first-order valence-corrected chi connectivity index (χ1v) is 8.48. The molecule has 0 heterocycles. The zero-order valence-corrected chi connectivity index (χ0v) is 13.0. The average molecular weight is 301 g/mol. The summed E-state index contributed by atoms with van der Waals surface area (Å²) in [5, 5.41) is 3.63. The molecule has 0 amide bonds. The first-order chi connectivity index (χ1) is 10.3. The van der Waals surface area contributed by atoms with Gasteiger partial charge in [0.1, 0.15) is 5.82 Å². The van der Waals surface area contributed by atoms with Gasteiger partial charge in [0.15, 0.2) is 0 Å². The predicted molar refractivity (Wildman–Crippen MR) is 88.6 cm³/mol. The third-order valence-electron chi connectivity index (χ3n) is 4.00. The number of halogens is 1. The minimum atomic E-state index is -0.131. The largest absolute Gasteiger partial charge is 0.381 e. The SMILES string of the molecule is CCSc1ccccc1NC1CC(c2cccc(F)c2)C1. The first kappa shape index (κ1) is 14.5. The Morgan fingerprint density at radius 3 is 2.71 bits per heavy atom. The van der Waals surface area contributed by atoms with Crippen molar-refractivity contribution in [2.75, 3.05) is 11.1 Å². The number of hydrogen-bond donors (Lipinski definition) is 1. The van der Waals surface area contributed by atoms with Gasteiger partial charge in [0.2, 0.25) is 0 Å². The molecule has 0 bridgehead atoms. The molecule has 2 aromatic rings. The van der Waals surface area contributed by atoms with Crippen LogP contribution in [-0.2, 0) is 0 Å². The number of benzene rings is 2. The quantitative estimate of drug-likeness (QED) is 0.752. The molecule has 110 valence electrons. The molecular formula is C18H20FNS. The zero-order valence-electron chi connectivity index (χ0n) is 12.2. The van der Waals surface area contributed by atoms with Crippen molar-refractivity contribution in [1.82, 2.24) is 0 Å². The van der Waals surface area contributed by atoms with Crippen molar-refractivity contribution in [2.24, 2.45) is 0 Å². The second-order valence-electron chi connectivity index (χ2n) is 5.49. The second-order valence-corrected chi connectivity index (χ2v) is 6.80. The van der Waals surface area contributed by atoms with Crippen LogP contribution in [0.1, 0.15) is 31.2 Å². The molecule has 0 atom stereocenters. The van der Waals surface area contributed by atoms with Gasteiger partial charge in [0, 0.05) is 16.6 Å². The third kappa shape index (κ3) is 3.41.